The zero-order chi connectivity index (χ0) is 8.32. The van der Waals surface area contributed by atoms with Crippen LogP contribution in [0.4, 0.5) is 0 Å². The first kappa shape index (κ1) is 11.7. The van der Waals surface area contributed by atoms with Crippen LogP contribution in [0.5, 0.6) is 0 Å². The van der Waals surface area contributed by atoms with Gasteiger partial charge in [0.05, 0.1) is 0 Å². The molecule has 1 aromatic carbocycles. The fourth-order valence-corrected chi connectivity index (χ4v) is 1.40. The first-order valence-corrected chi connectivity index (χ1v) is 4.68. The molecule has 1 N–H and O–H groups in total. The van der Waals surface area contributed by atoms with Crippen LogP contribution in [0.1, 0.15) is 5.56 Å². The zero-order valence-corrected chi connectivity index (χ0v) is 6.58. The summed E-state index contributed by atoms with van der Waals surface area (Å²) in [5, 5.41) is 0. The molecule has 0 fully saturated rings. The van der Waals surface area contributed by atoms with E-state index < -0.39 is 10.1 Å². The Morgan fingerprint density at radius 1 is 1.17 bits per heavy atom. The van der Waals surface area contributed by atoms with Gasteiger partial charge in [-0.3, -0.25) is 4.55 Å². The second-order valence-electron chi connectivity index (χ2n) is 2.21. The third-order valence-corrected chi connectivity index (χ3v) is 1.89. The standard InChI is InChI=1S/C7H8O3S.Li.H/c8-11(9,10)6-7-4-2-1-3-5-7;;/h1-5H,6H2,(H,8,9,10);;. The molecule has 0 saturated carbocycles. The van der Waals surface area contributed by atoms with Crippen molar-refractivity contribution in [3.8, 4) is 0 Å². The van der Waals surface area contributed by atoms with Crippen LogP contribution in [0.15, 0.2) is 30.3 Å². The van der Waals surface area contributed by atoms with E-state index in [1.807, 2.05) is 0 Å². The van der Waals surface area contributed by atoms with Crippen LogP contribution in [0, 0.1) is 0 Å². The van der Waals surface area contributed by atoms with Gasteiger partial charge in [0.1, 0.15) is 5.75 Å². The van der Waals surface area contributed by atoms with Crippen molar-refractivity contribution >= 4 is 29.0 Å². The predicted molar refractivity (Wildman–Crippen MR) is 48.8 cm³/mol. The Morgan fingerprint density at radius 3 is 2.08 bits per heavy atom. The van der Waals surface area contributed by atoms with E-state index in [1.54, 1.807) is 30.3 Å². The average Bonchev–Trinajstić information content (AvgIpc) is 1.85. The van der Waals surface area contributed by atoms with Gasteiger partial charge in [0.2, 0.25) is 0 Å². The summed E-state index contributed by atoms with van der Waals surface area (Å²) >= 11 is 0. The van der Waals surface area contributed by atoms with Gasteiger partial charge < -0.3 is 0 Å². The van der Waals surface area contributed by atoms with E-state index in [1.165, 1.54) is 0 Å². The van der Waals surface area contributed by atoms with Gasteiger partial charge in [0, 0.05) is 0 Å². The number of hydrogen-bond acceptors (Lipinski definition) is 2. The summed E-state index contributed by atoms with van der Waals surface area (Å²) < 4.78 is 29.2. The molecule has 1 aromatic rings. The molecule has 62 valence electrons. The maximum absolute atomic E-state index is 10.4. The maximum atomic E-state index is 10.4. The Balaban J connectivity index is 0.00000121. The van der Waals surface area contributed by atoms with Crippen LogP contribution in [0.3, 0.4) is 0 Å². The Kier molecular flexibility index (Phi) is 4.57. The molecule has 0 aliphatic rings. The van der Waals surface area contributed by atoms with Crippen molar-refractivity contribution in [1.82, 2.24) is 0 Å². The molecule has 12 heavy (non-hydrogen) atoms. The van der Waals surface area contributed by atoms with Crippen LogP contribution in [0.25, 0.3) is 0 Å². The average molecular weight is 180 g/mol. The first-order valence-electron chi connectivity index (χ1n) is 3.07. The molecule has 3 nitrogen and oxygen atoms in total. The van der Waals surface area contributed by atoms with E-state index in [9.17, 15) is 8.42 Å². The summed E-state index contributed by atoms with van der Waals surface area (Å²) in [6, 6.07) is 8.52. The van der Waals surface area contributed by atoms with Gasteiger partial charge in [0.25, 0.3) is 10.1 Å². The molecular formula is C7H9LiO3S. The third kappa shape index (κ3) is 4.57. The van der Waals surface area contributed by atoms with Gasteiger partial charge in [-0.05, 0) is 5.56 Å². The van der Waals surface area contributed by atoms with E-state index in [4.69, 9.17) is 4.55 Å². The number of hydrogen-bond donors (Lipinski definition) is 1. The molecule has 0 saturated heterocycles. The van der Waals surface area contributed by atoms with Crippen molar-refractivity contribution in [2.45, 2.75) is 5.75 Å². The molecule has 0 unspecified atom stereocenters. The fourth-order valence-electron chi connectivity index (χ4n) is 0.785. The molecule has 0 amide bonds. The second kappa shape index (κ2) is 4.68. The third-order valence-electron chi connectivity index (χ3n) is 1.19. The fraction of sp³-hybridized carbons (Fsp3) is 0.143. The normalized spacial score (nSPS) is 10.4. The number of rotatable bonds is 2. The Labute approximate surface area is 83.7 Å². The molecule has 0 heterocycles. The summed E-state index contributed by atoms with van der Waals surface area (Å²) in [7, 11) is -3.88. The summed E-state index contributed by atoms with van der Waals surface area (Å²) in [5.41, 5.74) is 0.593. The molecular weight excluding hydrogens is 171 g/mol. The quantitative estimate of drug-likeness (QED) is 0.530. The predicted octanol–water partition coefficient (Wildman–Crippen LogP) is 0.426. The Bertz CT molecular complexity index is 320. The second-order valence-corrected chi connectivity index (χ2v) is 3.66. The van der Waals surface area contributed by atoms with Gasteiger partial charge >= 0.3 is 18.9 Å². The van der Waals surface area contributed by atoms with Crippen LogP contribution in [-0.2, 0) is 15.9 Å². The van der Waals surface area contributed by atoms with Gasteiger partial charge in [-0.15, -0.1) is 0 Å². The first-order chi connectivity index (χ1) is 5.08. The molecule has 0 spiro atoms. The van der Waals surface area contributed by atoms with Crippen molar-refractivity contribution < 1.29 is 13.0 Å². The van der Waals surface area contributed by atoms with Gasteiger partial charge in [0.15, 0.2) is 0 Å². The Morgan fingerprint density at radius 2 is 1.67 bits per heavy atom. The molecule has 0 aliphatic carbocycles. The van der Waals surface area contributed by atoms with E-state index >= 15 is 0 Å². The van der Waals surface area contributed by atoms with Crippen LogP contribution >= 0.6 is 0 Å². The monoisotopic (exact) mass is 180 g/mol. The summed E-state index contributed by atoms with van der Waals surface area (Å²) in [4.78, 5) is 0. The van der Waals surface area contributed by atoms with Gasteiger partial charge in [-0.2, -0.15) is 8.42 Å². The number of benzene rings is 1. The van der Waals surface area contributed by atoms with Crippen molar-refractivity contribution in [1.29, 1.82) is 0 Å². The molecule has 0 atom stereocenters. The molecule has 0 radical (unpaired) electrons. The van der Waals surface area contributed by atoms with Crippen molar-refractivity contribution in [2.75, 3.05) is 0 Å². The van der Waals surface area contributed by atoms with E-state index in [0.717, 1.165) is 0 Å². The van der Waals surface area contributed by atoms with E-state index in [0.29, 0.717) is 5.56 Å². The molecule has 0 aromatic heterocycles. The SMILES string of the molecule is O=S(=O)(O)Cc1ccccc1.[LiH]. The van der Waals surface area contributed by atoms with Crippen LogP contribution in [-0.4, -0.2) is 31.8 Å². The molecule has 0 aliphatic heterocycles. The minimum absolute atomic E-state index is 0. The Hall–Kier alpha value is -0.273. The van der Waals surface area contributed by atoms with Crippen molar-refractivity contribution in [3.05, 3.63) is 35.9 Å². The summed E-state index contributed by atoms with van der Waals surface area (Å²) in [6.45, 7) is 0. The zero-order valence-electron chi connectivity index (χ0n) is 5.77. The molecule has 5 heteroatoms. The summed E-state index contributed by atoms with van der Waals surface area (Å²) in [6.07, 6.45) is 0. The minimum atomic E-state index is -3.88. The van der Waals surface area contributed by atoms with Gasteiger partial charge in [-0.25, -0.2) is 0 Å². The topological polar surface area (TPSA) is 54.4 Å². The van der Waals surface area contributed by atoms with E-state index in [-0.39, 0.29) is 24.6 Å². The van der Waals surface area contributed by atoms with E-state index in [2.05, 4.69) is 0 Å². The molecule has 1 rings (SSSR count). The summed E-state index contributed by atoms with van der Waals surface area (Å²) in [5.74, 6) is -0.312. The molecule has 0 bridgehead atoms. The van der Waals surface area contributed by atoms with Crippen LogP contribution in [0.2, 0.25) is 0 Å². The van der Waals surface area contributed by atoms with Crippen molar-refractivity contribution in [3.63, 3.8) is 0 Å². The van der Waals surface area contributed by atoms with Crippen LogP contribution < -0.4 is 0 Å². The van der Waals surface area contributed by atoms with Gasteiger partial charge in [-0.1, -0.05) is 30.3 Å². The van der Waals surface area contributed by atoms with Crippen molar-refractivity contribution in [2.24, 2.45) is 0 Å².